The minimum absolute atomic E-state index is 0.281. The van der Waals surface area contributed by atoms with Crippen molar-refractivity contribution in [2.45, 2.75) is 71.8 Å². The first-order valence-electron chi connectivity index (χ1n) is 6.29. The maximum Gasteiger partial charge on any atom is 0.516 e. The first kappa shape index (κ1) is 15.9. The Labute approximate surface area is 104 Å². The molecule has 0 aromatic rings. The highest BCUT2D eigenvalue weighted by Crippen LogP contribution is 2.10. The number of rotatable bonds is 6. The predicted molar refractivity (Wildman–Crippen MR) is 65.7 cm³/mol. The van der Waals surface area contributed by atoms with Gasteiger partial charge >= 0.3 is 12.1 Å². The molecule has 4 nitrogen and oxygen atoms in total. The van der Waals surface area contributed by atoms with E-state index in [-0.39, 0.29) is 6.42 Å². The Morgan fingerprint density at radius 2 is 1.59 bits per heavy atom. The molecule has 0 rings (SSSR count). The van der Waals surface area contributed by atoms with Gasteiger partial charge in [0.1, 0.15) is 5.60 Å². The molecule has 0 aromatic heterocycles. The van der Waals surface area contributed by atoms with Gasteiger partial charge in [-0.3, -0.25) is 4.79 Å². The highest BCUT2D eigenvalue weighted by molar-refractivity contribution is 5.81. The maximum atomic E-state index is 11.2. The molecule has 0 saturated carbocycles. The highest BCUT2D eigenvalue weighted by Gasteiger charge is 2.19. The lowest BCUT2D eigenvalue weighted by Gasteiger charge is -2.18. The summed E-state index contributed by atoms with van der Waals surface area (Å²) < 4.78 is 9.40. The van der Waals surface area contributed by atoms with Gasteiger partial charge in [0.2, 0.25) is 0 Å². The molecule has 17 heavy (non-hydrogen) atoms. The SMILES string of the molecule is CCCCCCCC(=O)OC(=O)OC(C)(C)C. The summed E-state index contributed by atoms with van der Waals surface area (Å²) in [6, 6.07) is 0. The van der Waals surface area contributed by atoms with Gasteiger partial charge in [0.25, 0.3) is 0 Å². The molecular weight excluding hydrogens is 220 g/mol. The van der Waals surface area contributed by atoms with Gasteiger partial charge in [-0.2, -0.15) is 0 Å². The van der Waals surface area contributed by atoms with Gasteiger partial charge in [-0.25, -0.2) is 4.79 Å². The second kappa shape index (κ2) is 8.09. The van der Waals surface area contributed by atoms with Crippen LogP contribution in [0.25, 0.3) is 0 Å². The molecule has 0 atom stereocenters. The van der Waals surface area contributed by atoms with Crippen LogP contribution in [0.3, 0.4) is 0 Å². The van der Waals surface area contributed by atoms with Crippen LogP contribution in [0.1, 0.15) is 66.2 Å². The third kappa shape index (κ3) is 11.2. The number of carbonyl (C=O) groups is 2. The van der Waals surface area contributed by atoms with Crippen LogP contribution >= 0.6 is 0 Å². The molecule has 0 bridgehead atoms. The second-order valence-electron chi connectivity index (χ2n) is 5.10. The van der Waals surface area contributed by atoms with Crippen LogP contribution in [-0.4, -0.2) is 17.7 Å². The highest BCUT2D eigenvalue weighted by atomic mass is 16.7. The Balaban J connectivity index is 3.61. The van der Waals surface area contributed by atoms with E-state index in [1.165, 1.54) is 12.8 Å². The summed E-state index contributed by atoms with van der Waals surface area (Å²) in [6.07, 6.45) is 4.61. The molecule has 0 amide bonds. The molecule has 0 radical (unpaired) electrons. The van der Waals surface area contributed by atoms with Gasteiger partial charge in [-0.15, -0.1) is 0 Å². The number of ether oxygens (including phenoxy) is 2. The van der Waals surface area contributed by atoms with E-state index in [1.54, 1.807) is 20.8 Å². The molecule has 0 spiro atoms. The number of carbonyl (C=O) groups excluding carboxylic acids is 2. The summed E-state index contributed by atoms with van der Waals surface area (Å²) in [6.45, 7) is 7.31. The van der Waals surface area contributed by atoms with Crippen molar-refractivity contribution >= 4 is 12.1 Å². The zero-order valence-corrected chi connectivity index (χ0v) is 11.4. The molecule has 0 aliphatic carbocycles. The van der Waals surface area contributed by atoms with Gasteiger partial charge in [-0.05, 0) is 27.2 Å². The topological polar surface area (TPSA) is 52.6 Å². The molecule has 100 valence electrons. The number of hydrogen-bond acceptors (Lipinski definition) is 4. The fourth-order valence-electron chi connectivity index (χ4n) is 1.29. The summed E-state index contributed by atoms with van der Waals surface area (Å²) in [7, 11) is 0. The maximum absolute atomic E-state index is 11.2. The van der Waals surface area contributed by atoms with E-state index in [0.29, 0.717) is 0 Å². The van der Waals surface area contributed by atoms with E-state index in [1.807, 2.05) is 0 Å². The van der Waals surface area contributed by atoms with Crippen molar-refractivity contribution < 1.29 is 19.1 Å². The van der Waals surface area contributed by atoms with Gasteiger partial charge in [-0.1, -0.05) is 32.6 Å². The first-order valence-corrected chi connectivity index (χ1v) is 6.29. The fraction of sp³-hybridized carbons (Fsp3) is 0.846. The monoisotopic (exact) mass is 244 g/mol. The van der Waals surface area contributed by atoms with Crippen LogP contribution in [-0.2, 0) is 14.3 Å². The molecule has 0 aliphatic heterocycles. The van der Waals surface area contributed by atoms with Crippen molar-refractivity contribution in [2.24, 2.45) is 0 Å². The molecular formula is C13H24O4. The van der Waals surface area contributed by atoms with Crippen LogP contribution in [0, 0.1) is 0 Å². The Morgan fingerprint density at radius 1 is 1.00 bits per heavy atom. The van der Waals surface area contributed by atoms with Gasteiger partial charge in [0.15, 0.2) is 0 Å². The van der Waals surface area contributed by atoms with Crippen molar-refractivity contribution in [1.82, 2.24) is 0 Å². The molecule has 0 N–H and O–H groups in total. The first-order chi connectivity index (χ1) is 7.85. The zero-order chi connectivity index (χ0) is 13.3. The summed E-state index contributed by atoms with van der Waals surface area (Å²) >= 11 is 0. The average Bonchev–Trinajstić information content (AvgIpc) is 2.14. The Kier molecular flexibility index (Phi) is 7.59. The normalized spacial score (nSPS) is 11.1. The molecule has 0 fully saturated rings. The lowest BCUT2D eigenvalue weighted by molar-refractivity contribution is -0.141. The van der Waals surface area contributed by atoms with E-state index in [4.69, 9.17) is 4.74 Å². The van der Waals surface area contributed by atoms with E-state index in [9.17, 15) is 9.59 Å². The minimum Gasteiger partial charge on any atom is -0.428 e. The van der Waals surface area contributed by atoms with E-state index in [0.717, 1.165) is 19.3 Å². The molecule has 0 aromatic carbocycles. The molecule has 0 saturated heterocycles. The van der Waals surface area contributed by atoms with Crippen molar-refractivity contribution in [3.05, 3.63) is 0 Å². The average molecular weight is 244 g/mol. The van der Waals surface area contributed by atoms with Gasteiger partial charge in [0.05, 0.1) is 0 Å². The second-order valence-corrected chi connectivity index (χ2v) is 5.10. The lowest BCUT2D eigenvalue weighted by atomic mass is 10.1. The molecule has 4 heteroatoms. The molecule has 0 heterocycles. The number of unbranched alkanes of at least 4 members (excludes halogenated alkanes) is 4. The summed E-state index contributed by atoms with van der Waals surface area (Å²) in [5.74, 6) is -0.504. The van der Waals surface area contributed by atoms with Crippen LogP contribution in [0.15, 0.2) is 0 Å². The zero-order valence-electron chi connectivity index (χ0n) is 11.4. The van der Waals surface area contributed by atoms with Crippen LogP contribution in [0.4, 0.5) is 4.79 Å². The number of esters is 1. The Bertz CT molecular complexity index is 240. The summed E-state index contributed by atoms with van der Waals surface area (Å²) in [5, 5.41) is 0. The Morgan fingerprint density at radius 3 is 2.12 bits per heavy atom. The number of hydrogen-bond donors (Lipinski definition) is 0. The summed E-state index contributed by atoms with van der Waals surface area (Å²) in [4.78, 5) is 22.4. The van der Waals surface area contributed by atoms with E-state index < -0.39 is 17.7 Å². The molecule has 0 unspecified atom stereocenters. The van der Waals surface area contributed by atoms with Crippen molar-refractivity contribution in [3.8, 4) is 0 Å². The van der Waals surface area contributed by atoms with E-state index >= 15 is 0 Å². The van der Waals surface area contributed by atoms with Crippen molar-refractivity contribution in [2.75, 3.05) is 0 Å². The van der Waals surface area contributed by atoms with Crippen LogP contribution in [0.5, 0.6) is 0 Å². The minimum atomic E-state index is -0.906. The lowest BCUT2D eigenvalue weighted by Crippen LogP contribution is -2.26. The van der Waals surface area contributed by atoms with Crippen LogP contribution in [0.2, 0.25) is 0 Å². The fourth-order valence-corrected chi connectivity index (χ4v) is 1.29. The van der Waals surface area contributed by atoms with Gasteiger partial charge in [0, 0.05) is 6.42 Å². The van der Waals surface area contributed by atoms with Gasteiger partial charge < -0.3 is 9.47 Å². The van der Waals surface area contributed by atoms with Crippen LogP contribution < -0.4 is 0 Å². The summed E-state index contributed by atoms with van der Waals surface area (Å²) in [5.41, 5.74) is -0.626. The largest absolute Gasteiger partial charge is 0.516 e. The van der Waals surface area contributed by atoms with Crippen molar-refractivity contribution in [1.29, 1.82) is 0 Å². The van der Waals surface area contributed by atoms with Crippen molar-refractivity contribution in [3.63, 3.8) is 0 Å². The standard InChI is InChI=1S/C13H24O4/c1-5-6-7-8-9-10-11(14)16-12(15)17-13(2,3)4/h5-10H2,1-4H3. The smallest absolute Gasteiger partial charge is 0.428 e. The third-order valence-corrected chi connectivity index (χ3v) is 2.07. The predicted octanol–water partition coefficient (Wildman–Crippen LogP) is 3.83. The molecule has 0 aliphatic rings. The Hall–Kier alpha value is -1.06. The quantitative estimate of drug-likeness (QED) is 0.405. The van der Waals surface area contributed by atoms with E-state index in [2.05, 4.69) is 11.7 Å². The third-order valence-electron chi connectivity index (χ3n) is 2.07.